The third kappa shape index (κ3) is 3.83. The van der Waals surface area contributed by atoms with Crippen molar-refractivity contribution in [1.29, 1.82) is 0 Å². The Kier molecular flexibility index (Phi) is 5.39. The predicted molar refractivity (Wildman–Crippen MR) is 124 cm³/mol. The number of benzene rings is 1. The lowest BCUT2D eigenvalue weighted by atomic mass is 9.90. The van der Waals surface area contributed by atoms with Crippen LogP contribution in [-0.4, -0.2) is 47.9 Å². The summed E-state index contributed by atoms with van der Waals surface area (Å²) in [4.78, 5) is 12.4. The lowest BCUT2D eigenvalue weighted by Crippen LogP contribution is -2.50. The van der Waals surface area contributed by atoms with Crippen molar-refractivity contribution in [1.82, 2.24) is 30.2 Å². The Bertz CT molecular complexity index is 1360. The van der Waals surface area contributed by atoms with Crippen LogP contribution in [0.1, 0.15) is 35.4 Å². The molecule has 5 rings (SSSR count). The van der Waals surface area contributed by atoms with Crippen LogP contribution in [-0.2, 0) is 11.3 Å². The fourth-order valence-corrected chi connectivity index (χ4v) is 4.52. The van der Waals surface area contributed by atoms with Gasteiger partial charge in [-0.25, -0.2) is 0 Å². The molecule has 0 bridgehead atoms. The van der Waals surface area contributed by atoms with Crippen molar-refractivity contribution < 1.29 is 17.9 Å². The summed E-state index contributed by atoms with van der Waals surface area (Å²) in [5.74, 6) is 0.213. The zero-order valence-corrected chi connectivity index (χ0v) is 18.7. The summed E-state index contributed by atoms with van der Waals surface area (Å²) in [6.45, 7) is -0.161. The Hall–Kier alpha value is -4.02. The zero-order chi connectivity index (χ0) is 23.9. The lowest BCUT2D eigenvalue weighted by Gasteiger charge is -2.30. The largest absolute Gasteiger partial charge is 0.737 e. The number of aryl methyl sites for hydroxylation is 2. The Balaban J connectivity index is 1.23. The number of carbonyl (C=O) groups excluding carboxylic acids is 1. The minimum Gasteiger partial charge on any atom is -0.394 e. The molecule has 2 aliphatic heterocycles. The molecule has 4 heterocycles. The van der Waals surface area contributed by atoms with E-state index in [-0.39, 0.29) is 18.7 Å². The van der Waals surface area contributed by atoms with Crippen LogP contribution < -0.4 is 5.32 Å². The van der Waals surface area contributed by atoms with Crippen molar-refractivity contribution in [3.05, 3.63) is 77.0 Å². The van der Waals surface area contributed by atoms with Gasteiger partial charge in [-0.3, -0.25) is 4.79 Å². The number of aromatic nitrogens is 5. The maximum absolute atomic E-state index is 15.5. The molecule has 34 heavy (non-hydrogen) atoms. The third-order valence-electron chi connectivity index (χ3n) is 6.13. The molecule has 1 amide bonds. The zero-order valence-electron chi connectivity index (χ0n) is 18.7. The molecule has 2 aromatic heterocycles. The molecule has 1 aromatic carbocycles. The second kappa shape index (κ2) is 8.40. The minimum atomic E-state index is -4.02. The molecule has 0 saturated heterocycles. The van der Waals surface area contributed by atoms with Crippen molar-refractivity contribution in [3.8, 4) is 11.4 Å². The van der Waals surface area contributed by atoms with Crippen molar-refractivity contribution in [3.63, 3.8) is 0 Å². The summed E-state index contributed by atoms with van der Waals surface area (Å²) in [6.07, 6.45) is 6.74. The van der Waals surface area contributed by atoms with Gasteiger partial charge in [0.05, 0.1) is 0 Å². The number of hydrogen-bond acceptors (Lipinski definition) is 5. The number of halogens is 2. The highest BCUT2D eigenvalue weighted by atomic mass is 19.2. The number of fused-ring (bicyclic) bond motifs is 2. The van der Waals surface area contributed by atoms with Gasteiger partial charge in [-0.1, -0.05) is 24.3 Å². The standard InChI is InChI=1S/C23H22BF2N7O/c1-15-11-16(2)32-21(15)12-20-8-7-19(33(20)24(32,25)26)9-10-22(34)27-13-17-3-5-18(6-4-17)23-30-28-14-29-31-23/h3-8,11-12,14H,9-10,13H2,1-2H3,(H,27,34). The highest BCUT2D eigenvalue weighted by Crippen LogP contribution is 2.34. The summed E-state index contributed by atoms with van der Waals surface area (Å²) >= 11 is 0. The van der Waals surface area contributed by atoms with Crippen LogP contribution in [0.4, 0.5) is 8.63 Å². The monoisotopic (exact) mass is 461 g/mol. The van der Waals surface area contributed by atoms with E-state index in [9.17, 15) is 4.79 Å². The van der Waals surface area contributed by atoms with Gasteiger partial charge in [-0.2, -0.15) is 0 Å². The molecule has 2 aliphatic rings. The number of carbonyl (C=O) groups is 1. The molecule has 1 N–H and O–H groups in total. The van der Waals surface area contributed by atoms with Gasteiger partial charge < -0.3 is 22.9 Å². The highest BCUT2D eigenvalue weighted by molar-refractivity contribution is 6.58. The minimum absolute atomic E-state index is 0.111. The molecule has 0 fully saturated rings. The molecule has 11 heteroatoms. The average molecular weight is 461 g/mol. The fraction of sp³-hybridized carbons (Fsp3) is 0.217. The normalized spacial score (nSPS) is 15.7. The van der Waals surface area contributed by atoms with Crippen LogP contribution >= 0.6 is 0 Å². The van der Waals surface area contributed by atoms with E-state index < -0.39 is 6.97 Å². The highest BCUT2D eigenvalue weighted by Gasteiger charge is 2.52. The Labute approximate surface area is 194 Å². The average Bonchev–Trinajstić information content (AvgIpc) is 3.38. The van der Waals surface area contributed by atoms with Crippen LogP contribution in [0.5, 0.6) is 0 Å². The van der Waals surface area contributed by atoms with Gasteiger partial charge in [0.15, 0.2) is 12.0 Å². The summed E-state index contributed by atoms with van der Waals surface area (Å²) in [5, 5.41) is 18.1. The van der Waals surface area contributed by atoms with Crippen molar-refractivity contribution in [2.24, 2.45) is 0 Å². The quantitative estimate of drug-likeness (QED) is 0.571. The van der Waals surface area contributed by atoms with E-state index >= 15 is 8.63 Å². The van der Waals surface area contributed by atoms with E-state index in [0.29, 0.717) is 35.2 Å². The molecule has 0 unspecified atom stereocenters. The first-order chi connectivity index (χ1) is 16.3. The first-order valence-corrected chi connectivity index (χ1v) is 11.0. The maximum Gasteiger partial charge on any atom is 0.737 e. The number of allylic oxidation sites excluding steroid dienone is 2. The molecular formula is C23H22BF2N7O. The molecule has 172 valence electrons. The molecule has 0 aliphatic carbocycles. The van der Waals surface area contributed by atoms with Gasteiger partial charge in [0.25, 0.3) is 0 Å². The van der Waals surface area contributed by atoms with Crippen LogP contribution in [0.15, 0.2) is 54.5 Å². The summed E-state index contributed by atoms with van der Waals surface area (Å²) in [5.41, 5.74) is 4.45. The second-order valence-electron chi connectivity index (χ2n) is 8.42. The molecule has 8 nitrogen and oxygen atoms in total. The van der Waals surface area contributed by atoms with E-state index in [4.69, 9.17) is 0 Å². The first-order valence-electron chi connectivity index (χ1n) is 11.0. The van der Waals surface area contributed by atoms with Gasteiger partial charge in [-0.15, -0.1) is 20.4 Å². The van der Waals surface area contributed by atoms with E-state index in [1.54, 1.807) is 31.2 Å². The number of nitrogens with zero attached hydrogens (tertiary/aromatic N) is 6. The van der Waals surface area contributed by atoms with E-state index in [1.165, 1.54) is 6.33 Å². The lowest BCUT2D eigenvalue weighted by molar-refractivity contribution is -0.362. The van der Waals surface area contributed by atoms with Gasteiger partial charge in [-0.05, 0) is 36.7 Å². The molecule has 0 spiro atoms. The molecular weight excluding hydrogens is 439 g/mol. The number of rotatable bonds is 6. The van der Waals surface area contributed by atoms with Crippen LogP contribution in [0.25, 0.3) is 17.5 Å². The molecule has 0 radical (unpaired) electrons. The second-order valence-corrected chi connectivity index (χ2v) is 8.42. The van der Waals surface area contributed by atoms with Crippen LogP contribution in [0, 0.1) is 13.8 Å². The Morgan fingerprint density at radius 1 is 1.12 bits per heavy atom. The van der Waals surface area contributed by atoms with Gasteiger partial charge in [0.2, 0.25) is 11.7 Å². The Morgan fingerprint density at radius 2 is 1.85 bits per heavy atom. The van der Waals surface area contributed by atoms with Crippen molar-refractivity contribution >= 4 is 24.7 Å². The smallest absolute Gasteiger partial charge is 0.394 e. The van der Waals surface area contributed by atoms with E-state index in [1.807, 2.05) is 31.2 Å². The summed E-state index contributed by atoms with van der Waals surface area (Å²) in [6, 6.07) is 9.13. The summed E-state index contributed by atoms with van der Waals surface area (Å²) < 4.78 is 33.1. The fourth-order valence-electron chi connectivity index (χ4n) is 4.52. The maximum atomic E-state index is 15.5. The van der Waals surface area contributed by atoms with Crippen molar-refractivity contribution in [2.45, 2.75) is 33.2 Å². The SMILES string of the molecule is Cc1cc(C)n2c1C=C1C=CC(CCC(=O)NCc3ccc(-c4nncnn4)cc3)=[N+]1[B-]2(F)F. The topological polar surface area (TPSA) is 88.6 Å². The van der Waals surface area contributed by atoms with E-state index in [2.05, 4.69) is 25.7 Å². The van der Waals surface area contributed by atoms with E-state index in [0.717, 1.165) is 25.7 Å². The van der Waals surface area contributed by atoms with Crippen LogP contribution in [0.2, 0.25) is 0 Å². The Morgan fingerprint density at radius 3 is 2.59 bits per heavy atom. The first kappa shape index (κ1) is 21.8. The van der Waals surface area contributed by atoms with Crippen molar-refractivity contribution in [2.75, 3.05) is 0 Å². The van der Waals surface area contributed by atoms with Gasteiger partial charge >= 0.3 is 6.97 Å². The third-order valence-corrected chi connectivity index (χ3v) is 6.13. The molecule has 0 atom stereocenters. The molecule has 0 saturated carbocycles. The predicted octanol–water partition coefficient (Wildman–Crippen LogP) is 3.05. The number of hydrogen-bond donors (Lipinski definition) is 1. The number of nitrogens with one attached hydrogen (secondary N) is 1. The molecule has 3 aromatic rings. The van der Waals surface area contributed by atoms with Gasteiger partial charge in [0.1, 0.15) is 5.71 Å². The number of amides is 1. The summed E-state index contributed by atoms with van der Waals surface area (Å²) in [7, 11) is 0. The van der Waals surface area contributed by atoms with Gasteiger partial charge in [0, 0.05) is 48.9 Å². The van der Waals surface area contributed by atoms with Crippen LogP contribution in [0.3, 0.4) is 0 Å².